The van der Waals surface area contributed by atoms with Crippen LogP contribution in [0.2, 0.25) is 0 Å². The van der Waals surface area contributed by atoms with E-state index in [2.05, 4.69) is 21.1 Å². The van der Waals surface area contributed by atoms with Crippen molar-refractivity contribution in [3.63, 3.8) is 0 Å². The van der Waals surface area contributed by atoms with Crippen LogP contribution in [0.15, 0.2) is 52.7 Å². The lowest BCUT2D eigenvalue weighted by atomic mass is 10.0. The SMILES string of the molecule is Cc1ccc(-c2csc(NC(=O)c3cccc(S(=O)(=O)NCC4CC4)c3)n2)c(C)c1. The first kappa shape index (κ1) is 20.7. The molecule has 1 amide bonds. The van der Waals surface area contributed by atoms with Crippen molar-refractivity contribution >= 4 is 32.4 Å². The summed E-state index contributed by atoms with van der Waals surface area (Å²) in [5, 5.41) is 5.14. The first-order valence-electron chi connectivity index (χ1n) is 9.76. The summed E-state index contributed by atoms with van der Waals surface area (Å²) in [6, 6.07) is 12.2. The van der Waals surface area contributed by atoms with Crippen molar-refractivity contribution in [1.29, 1.82) is 0 Å². The molecule has 1 aromatic heterocycles. The number of rotatable bonds is 7. The zero-order valence-electron chi connectivity index (χ0n) is 16.8. The number of benzene rings is 2. The molecule has 4 rings (SSSR count). The van der Waals surface area contributed by atoms with Gasteiger partial charge in [-0.05, 0) is 56.4 Å². The third-order valence-electron chi connectivity index (χ3n) is 5.05. The van der Waals surface area contributed by atoms with E-state index in [0.29, 0.717) is 17.6 Å². The van der Waals surface area contributed by atoms with Crippen LogP contribution in [-0.2, 0) is 10.0 Å². The van der Waals surface area contributed by atoms with Gasteiger partial charge >= 0.3 is 0 Å². The Morgan fingerprint density at radius 2 is 1.97 bits per heavy atom. The van der Waals surface area contributed by atoms with Gasteiger partial charge in [0.2, 0.25) is 10.0 Å². The summed E-state index contributed by atoms with van der Waals surface area (Å²) in [5.74, 6) is 0.0401. The minimum atomic E-state index is -3.63. The molecule has 1 aliphatic carbocycles. The molecule has 0 radical (unpaired) electrons. The Kier molecular flexibility index (Phi) is 5.73. The minimum absolute atomic E-state index is 0.0888. The fraction of sp³-hybridized carbons (Fsp3) is 0.273. The van der Waals surface area contributed by atoms with Gasteiger partial charge in [-0.25, -0.2) is 18.1 Å². The van der Waals surface area contributed by atoms with Crippen LogP contribution in [0.4, 0.5) is 5.13 Å². The Hall–Kier alpha value is -2.55. The third-order valence-corrected chi connectivity index (χ3v) is 7.23. The largest absolute Gasteiger partial charge is 0.298 e. The highest BCUT2D eigenvalue weighted by molar-refractivity contribution is 7.89. The standard InChI is InChI=1S/C22H23N3O3S2/c1-14-6-9-19(15(2)10-14)20-13-29-22(24-20)25-21(26)17-4-3-5-18(11-17)30(27,28)23-12-16-7-8-16/h3-6,9-11,13,16,23H,7-8,12H2,1-2H3,(H,24,25,26). The van der Waals surface area contributed by atoms with E-state index in [-0.39, 0.29) is 10.5 Å². The van der Waals surface area contributed by atoms with Crippen LogP contribution in [-0.4, -0.2) is 25.9 Å². The molecule has 0 saturated heterocycles. The number of hydrogen-bond donors (Lipinski definition) is 2. The molecule has 8 heteroatoms. The number of amides is 1. The van der Waals surface area contributed by atoms with E-state index in [1.165, 1.54) is 29.0 Å². The second-order valence-corrected chi connectivity index (χ2v) is 10.3. The Balaban J connectivity index is 1.48. The smallest absolute Gasteiger partial charge is 0.257 e. The molecule has 6 nitrogen and oxygen atoms in total. The average molecular weight is 442 g/mol. The highest BCUT2D eigenvalue weighted by atomic mass is 32.2. The number of anilines is 1. The summed E-state index contributed by atoms with van der Waals surface area (Å²) in [7, 11) is -3.63. The van der Waals surface area contributed by atoms with Crippen LogP contribution in [0.5, 0.6) is 0 Å². The van der Waals surface area contributed by atoms with Crippen molar-refractivity contribution in [3.05, 3.63) is 64.5 Å². The highest BCUT2D eigenvalue weighted by Crippen LogP contribution is 2.29. The molecule has 1 saturated carbocycles. The number of aryl methyl sites for hydroxylation is 2. The molecule has 0 bridgehead atoms. The van der Waals surface area contributed by atoms with Gasteiger partial charge in [0.25, 0.3) is 5.91 Å². The second-order valence-electron chi connectivity index (χ2n) is 7.63. The Labute approximate surface area is 180 Å². The van der Waals surface area contributed by atoms with E-state index in [9.17, 15) is 13.2 Å². The molecule has 1 fully saturated rings. The van der Waals surface area contributed by atoms with Crippen molar-refractivity contribution in [1.82, 2.24) is 9.71 Å². The van der Waals surface area contributed by atoms with Crippen LogP contribution in [0.3, 0.4) is 0 Å². The van der Waals surface area contributed by atoms with E-state index in [1.54, 1.807) is 12.1 Å². The summed E-state index contributed by atoms with van der Waals surface area (Å²) in [6.07, 6.45) is 2.12. The highest BCUT2D eigenvalue weighted by Gasteiger charge is 2.24. The van der Waals surface area contributed by atoms with Gasteiger partial charge < -0.3 is 0 Å². The lowest BCUT2D eigenvalue weighted by molar-refractivity contribution is 0.102. The molecule has 30 heavy (non-hydrogen) atoms. The summed E-state index contributed by atoms with van der Waals surface area (Å²) in [4.78, 5) is 17.3. The molecule has 0 unspecified atom stereocenters. The average Bonchev–Trinajstić information content (AvgIpc) is 3.44. The zero-order valence-corrected chi connectivity index (χ0v) is 18.4. The van der Waals surface area contributed by atoms with Crippen molar-refractivity contribution in [2.24, 2.45) is 5.92 Å². The van der Waals surface area contributed by atoms with E-state index in [4.69, 9.17) is 0 Å². The summed E-state index contributed by atoms with van der Waals surface area (Å²) < 4.78 is 27.5. The maximum Gasteiger partial charge on any atom is 0.257 e. The van der Waals surface area contributed by atoms with E-state index in [0.717, 1.165) is 29.7 Å². The van der Waals surface area contributed by atoms with Crippen molar-refractivity contribution in [2.75, 3.05) is 11.9 Å². The van der Waals surface area contributed by atoms with Gasteiger partial charge in [-0.3, -0.25) is 10.1 Å². The molecule has 0 aliphatic heterocycles. The van der Waals surface area contributed by atoms with E-state index >= 15 is 0 Å². The molecular weight excluding hydrogens is 418 g/mol. The maximum atomic E-state index is 12.7. The number of carbonyl (C=O) groups excluding carboxylic acids is 1. The van der Waals surface area contributed by atoms with Crippen molar-refractivity contribution in [3.8, 4) is 11.3 Å². The molecule has 2 aromatic carbocycles. The number of nitrogens with one attached hydrogen (secondary N) is 2. The van der Waals surface area contributed by atoms with Gasteiger partial charge in [0.1, 0.15) is 0 Å². The number of aromatic nitrogens is 1. The quantitative estimate of drug-likeness (QED) is 0.570. The fourth-order valence-corrected chi connectivity index (χ4v) is 5.03. The lowest BCUT2D eigenvalue weighted by Crippen LogP contribution is -2.26. The molecular formula is C22H23N3O3S2. The van der Waals surface area contributed by atoms with Crippen LogP contribution < -0.4 is 10.0 Å². The van der Waals surface area contributed by atoms with Crippen LogP contribution in [0, 0.1) is 19.8 Å². The second kappa shape index (κ2) is 8.29. The van der Waals surface area contributed by atoms with Crippen molar-refractivity contribution < 1.29 is 13.2 Å². The lowest BCUT2D eigenvalue weighted by Gasteiger charge is -2.08. The predicted octanol–water partition coefficient (Wildman–Crippen LogP) is 4.37. The number of hydrogen-bond acceptors (Lipinski definition) is 5. The van der Waals surface area contributed by atoms with Gasteiger partial charge in [-0.2, -0.15) is 0 Å². The summed E-state index contributed by atoms with van der Waals surface area (Å²) in [5.41, 5.74) is 4.39. The van der Waals surface area contributed by atoms with Crippen LogP contribution >= 0.6 is 11.3 Å². The summed E-state index contributed by atoms with van der Waals surface area (Å²) in [6.45, 7) is 4.52. The fourth-order valence-electron chi connectivity index (χ4n) is 3.16. The Morgan fingerprint density at radius 1 is 1.17 bits per heavy atom. The Morgan fingerprint density at radius 3 is 2.70 bits per heavy atom. The zero-order chi connectivity index (χ0) is 21.3. The Bertz CT molecular complexity index is 1200. The third kappa shape index (κ3) is 4.77. The molecule has 3 aromatic rings. The molecule has 0 atom stereocenters. The van der Waals surface area contributed by atoms with Crippen LogP contribution in [0.25, 0.3) is 11.3 Å². The molecule has 0 spiro atoms. The number of nitrogens with zero attached hydrogens (tertiary/aromatic N) is 1. The van der Waals surface area contributed by atoms with E-state index in [1.807, 2.05) is 31.4 Å². The molecule has 1 aliphatic rings. The van der Waals surface area contributed by atoms with Gasteiger partial charge in [0.15, 0.2) is 5.13 Å². The van der Waals surface area contributed by atoms with Gasteiger partial charge in [0, 0.05) is 23.1 Å². The molecule has 2 N–H and O–H groups in total. The normalized spacial score (nSPS) is 13.9. The van der Waals surface area contributed by atoms with Gasteiger partial charge in [-0.15, -0.1) is 11.3 Å². The monoisotopic (exact) mass is 441 g/mol. The molecule has 1 heterocycles. The first-order valence-corrected chi connectivity index (χ1v) is 12.1. The predicted molar refractivity (Wildman–Crippen MR) is 119 cm³/mol. The van der Waals surface area contributed by atoms with Gasteiger partial charge in [-0.1, -0.05) is 29.8 Å². The maximum absolute atomic E-state index is 12.7. The number of thiazole rings is 1. The molecule has 156 valence electrons. The summed E-state index contributed by atoms with van der Waals surface area (Å²) >= 11 is 1.33. The number of carbonyl (C=O) groups is 1. The van der Waals surface area contributed by atoms with Crippen LogP contribution in [0.1, 0.15) is 34.3 Å². The first-order chi connectivity index (χ1) is 14.3. The minimum Gasteiger partial charge on any atom is -0.298 e. The van der Waals surface area contributed by atoms with E-state index < -0.39 is 15.9 Å². The van der Waals surface area contributed by atoms with Gasteiger partial charge in [0.05, 0.1) is 10.6 Å². The topological polar surface area (TPSA) is 88.2 Å². The van der Waals surface area contributed by atoms with Crippen molar-refractivity contribution in [2.45, 2.75) is 31.6 Å². The number of sulfonamides is 1.